The lowest BCUT2D eigenvalue weighted by Crippen LogP contribution is -2.12. The Morgan fingerprint density at radius 1 is 1.15 bits per heavy atom. The fourth-order valence-corrected chi connectivity index (χ4v) is 2.17. The average Bonchev–Trinajstić information content (AvgIpc) is 2.45. The maximum Gasteiger partial charge on any atom is 0.411 e. The molecule has 4 heteroatoms. The van der Waals surface area contributed by atoms with E-state index in [1.807, 2.05) is 12.1 Å². The van der Waals surface area contributed by atoms with Gasteiger partial charge in [0.2, 0.25) is 0 Å². The maximum atomic E-state index is 11.4. The minimum absolute atomic E-state index is 0.447. The van der Waals surface area contributed by atoms with E-state index in [1.54, 1.807) is 0 Å². The minimum Gasteiger partial charge on any atom is -0.453 e. The molecule has 0 fully saturated rings. The number of nitrogens with two attached hydrogens (primary N) is 1. The van der Waals surface area contributed by atoms with Gasteiger partial charge in [-0.25, -0.2) is 4.79 Å². The van der Waals surface area contributed by atoms with Crippen LogP contribution in [0.15, 0.2) is 12.1 Å². The first kappa shape index (κ1) is 16.3. The molecule has 4 nitrogen and oxygen atoms in total. The Balaban J connectivity index is 3.01. The lowest BCUT2D eigenvalue weighted by atomic mass is 9.98. The number of benzene rings is 1. The molecule has 0 aliphatic heterocycles. The molecule has 0 saturated heterocycles. The van der Waals surface area contributed by atoms with Crippen LogP contribution < -0.4 is 11.1 Å². The van der Waals surface area contributed by atoms with Crippen LogP contribution in [0.5, 0.6) is 0 Å². The van der Waals surface area contributed by atoms with Gasteiger partial charge in [0.25, 0.3) is 0 Å². The third-order valence-corrected chi connectivity index (χ3v) is 3.38. The Morgan fingerprint density at radius 2 is 1.65 bits per heavy atom. The van der Waals surface area contributed by atoms with Crippen molar-refractivity contribution in [1.82, 2.24) is 0 Å². The van der Waals surface area contributed by atoms with Crippen LogP contribution in [0.1, 0.15) is 50.7 Å². The molecule has 1 aromatic rings. The number of hydrogen-bond donors (Lipinski definition) is 2. The number of rotatable bonds is 7. The number of unbranched alkanes of at least 4 members (excludes halogenated alkanes) is 2. The summed E-state index contributed by atoms with van der Waals surface area (Å²) < 4.78 is 4.65. The number of aryl methyl sites for hydroxylation is 2. The zero-order valence-corrected chi connectivity index (χ0v) is 12.8. The van der Waals surface area contributed by atoms with E-state index >= 15 is 0 Å². The number of carbonyl (C=O) groups excluding carboxylic acids is 1. The van der Waals surface area contributed by atoms with Gasteiger partial charge in [-0.2, -0.15) is 0 Å². The van der Waals surface area contributed by atoms with Crippen molar-refractivity contribution in [3.63, 3.8) is 0 Å². The third kappa shape index (κ3) is 4.76. The quantitative estimate of drug-likeness (QED) is 0.737. The first-order valence-corrected chi connectivity index (χ1v) is 7.38. The van der Waals surface area contributed by atoms with Crippen molar-refractivity contribution in [3.05, 3.63) is 23.3 Å². The molecule has 20 heavy (non-hydrogen) atoms. The highest BCUT2D eigenvalue weighted by Crippen LogP contribution is 2.26. The number of hydrogen-bond acceptors (Lipinski definition) is 3. The van der Waals surface area contributed by atoms with Crippen molar-refractivity contribution in [2.24, 2.45) is 0 Å². The van der Waals surface area contributed by atoms with Gasteiger partial charge in [0, 0.05) is 11.4 Å². The van der Waals surface area contributed by atoms with Crippen molar-refractivity contribution in [1.29, 1.82) is 0 Å². The predicted octanol–water partition coefficient (Wildman–Crippen LogP) is 4.13. The Labute approximate surface area is 121 Å². The summed E-state index contributed by atoms with van der Waals surface area (Å²) in [6.45, 7) is 4.31. The van der Waals surface area contributed by atoms with E-state index in [0.717, 1.165) is 61.0 Å². The van der Waals surface area contributed by atoms with Gasteiger partial charge in [0.1, 0.15) is 0 Å². The summed E-state index contributed by atoms with van der Waals surface area (Å²) in [7, 11) is 1.36. The molecule has 0 aromatic heterocycles. The lowest BCUT2D eigenvalue weighted by molar-refractivity contribution is 0.187. The number of nitrogens with one attached hydrogen (secondary N) is 1. The number of amides is 1. The highest BCUT2D eigenvalue weighted by molar-refractivity contribution is 5.85. The van der Waals surface area contributed by atoms with Crippen molar-refractivity contribution in [2.45, 2.75) is 52.4 Å². The maximum absolute atomic E-state index is 11.4. The van der Waals surface area contributed by atoms with Crippen LogP contribution in [0.3, 0.4) is 0 Å². The SMILES string of the molecule is CCCCc1cc(NC(=O)OC)cc(CCCC)c1N. The van der Waals surface area contributed by atoms with Crippen LogP contribution in [0.4, 0.5) is 16.2 Å². The zero-order chi connectivity index (χ0) is 15.0. The van der Waals surface area contributed by atoms with E-state index < -0.39 is 6.09 Å². The zero-order valence-electron chi connectivity index (χ0n) is 12.8. The predicted molar refractivity (Wildman–Crippen MR) is 84.1 cm³/mol. The normalized spacial score (nSPS) is 10.3. The Bertz CT molecular complexity index is 415. The van der Waals surface area contributed by atoms with Gasteiger partial charge in [-0.05, 0) is 48.9 Å². The Kier molecular flexibility index (Phi) is 6.91. The molecular formula is C16H26N2O2. The topological polar surface area (TPSA) is 64.3 Å². The number of anilines is 2. The number of nitrogen functional groups attached to an aromatic ring is 1. The van der Waals surface area contributed by atoms with E-state index in [1.165, 1.54) is 7.11 Å². The van der Waals surface area contributed by atoms with Crippen molar-refractivity contribution >= 4 is 17.5 Å². The average molecular weight is 278 g/mol. The first-order valence-electron chi connectivity index (χ1n) is 7.38. The second kappa shape index (κ2) is 8.46. The standard InChI is InChI=1S/C16H26N2O2/c1-4-6-8-12-10-14(18-16(19)20-3)11-13(15(12)17)9-7-5-2/h10-11H,4-9,17H2,1-3H3,(H,18,19). The van der Waals surface area contributed by atoms with Crippen molar-refractivity contribution in [3.8, 4) is 0 Å². The van der Waals surface area contributed by atoms with Crippen LogP contribution in [-0.4, -0.2) is 13.2 Å². The van der Waals surface area contributed by atoms with Crippen molar-refractivity contribution in [2.75, 3.05) is 18.2 Å². The van der Waals surface area contributed by atoms with Gasteiger partial charge in [0.15, 0.2) is 0 Å². The van der Waals surface area contributed by atoms with E-state index in [0.29, 0.717) is 0 Å². The molecule has 1 aromatic carbocycles. The molecule has 3 N–H and O–H groups in total. The van der Waals surface area contributed by atoms with Crippen LogP contribution in [-0.2, 0) is 17.6 Å². The summed E-state index contributed by atoms with van der Waals surface area (Å²) in [4.78, 5) is 11.4. The number of methoxy groups -OCH3 is 1. The summed E-state index contributed by atoms with van der Waals surface area (Å²) in [5.41, 5.74) is 10.1. The first-order chi connectivity index (χ1) is 9.62. The van der Waals surface area contributed by atoms with E-state index in [4.69, 9.17) is 5.73 Å². The fraction of sp³-hybridized carbons (Fsp3) is 0.562. The molecule has 1 rings (SSSR count). The van der Waals surface area contributed by atoms with E-state index in [9.17, 15) is 4.79 Å². The van der Waals surface area contributed by atoms with Gasteiger partial charge in [0.05, 0.1) is 7.11 Å². The second-order valence-electron chi connectivity index (χ2n) is 5.03. The lowest BCUT2D eigenvalue weighted by Gasteiger charge is -2.14. The smallest absolute Gasteiger partial charge is 0.411 e. The Hall–Kier alpha value is -1.71. The number of carbonyl (C=O) groups is 1. The van der Waals surface area contributed by atoms with Crippen LogP contribution >= 0.6 is 0 Å². The summed E-state index contributed by atoms with van der Waals surface area (Å²) >= 11 is 0. The second-order valence-corrected chi connectivity index (χ2v) is 5.03. The molecule has 0 atom stereocenters. The molecule has 0 unspecified atom stereocenters. The van der Waals surface area contributed by atoms with Gasteiger partial charge in [-0.15, -0.1) is 0 Å². The van der Waals surface area contributed by atoms with Gasteiger partial charge in [-0.1, -0.05) is 26.7 Å². The van der Waals surface area contributed by atoms with E-state index in [2.05, 4.69) is 23.9 Å². The highest BCUT2D eigenvalue weighted by atomic mass is 16.5. The Morgan fingerprint density at radius 3 is 2.05 bits per heavy atom. The van der Waals surface area contributed by atoms with Gasteiger partial charge >= 0.3 is 6.09 Å². The monoisotopic (exact) mass is 278 g/mol. The highest BCUT2D eigenvalue weighted by Gasteiger charge is 2.10. The molecule has 0 saturated carbocycles. The largest absolute Gasteiger partial charge is 0.453 e. The molecule has 0 aliphatic carbocycles. The molecule has 1 amide bonds. The molecule has 0 radical (unpaired) electrons. The fourth-order valence-electron chi connectivity index (χ4n) is 2.17. The van der Waals surface area contributed by atoms with Crippen LogP contribution in [0, 0.1) is 0 Å². The molecule has 112 valence electrons. The number of ether oxygens (including phenoxy) is 1. The summed E-state index contributed by atoms with van der Waals surface area (Å²) in [6, 6.07) is 3.91. The molecular weight excluding hydrogens is 252 g/mol. The van der Waals surface area contributed by atoms with Gasteiger partial charge in [-0.3, -0.25) is 5.32 Å². The molecule has 0 aliphatic rings. The summed E-state index contributed by atoms with van der Waals surface area (Å²) in [5.74, 6) is 0. The molecule has 0 heterocycles. The third-order valence-electron chi connectivity index (χ3n) is 3.38. The van der Waals surface area contributed by atoms with Gasteiger partial charge < -0.3 is 10.5 Å². The van der Waals surface area contributed by atoms with Crippen LogP contribution in [0.25, 0.3) is 0 Å². The van der Waals surface area contributed by atoms with Crippen molar-refractivity contribution < 1.29 is 9.53 Å². The molecule has 0 spiro atoms. The summed E-state index contributed by atoms with van der Waals surface area (Å²) in [5, 5.41) is 2.74. The molecule has 0 bridgehead atoms. The summed E-state index contributed by atoms with van der Waals surface area (Å²) in [6.07, 6.45) is 5.88. The van der Waals surface area contributed by atoms with E-state index in [-0.39, 0.29) is 0 Å². The minimum atomic E-state index is -0.447. The van der Waals surface area contributed by atoms with Crippen LogP contribution in [0.2, 0.25) is 0 Å².